The van der Waals surface area contributed by atoms with Crippen LogP contribution in [0.1, 0.15) is 35.1 Å². The second-order valence-electron chi connectivity index (χ2n) is 6.50. The molecule has 2 heterocycles. The van der Waals surface area contributed by atoms with E-state index in [4.69, 9.17) is 10.4 Å². The van der Waals surface area contributed by atoms with Gasteiger partial charge in [0.25, 0.3) is 23.6 Å². The third-order valence-corrected chi connectivity index (χ3v) is 6.74. The second kappa shape index (κ2) is 27.2. The molecule has 2 aliphatic heterocycles. The van der Waals surface area contributed by atoms with Gasteiger partial charge in [-0.1, -0.05) is 22.3 Å². The van der Waals surface area contributed by atoms with E-state index in [2.05, 4.69) is 34.2 Å². The highest BCUT2D eigenvalue weighted by atomic mass is 32.7. The van der Waals surface area contributed by atoms with Crippen LogP contribution in [-0.2, 0) is 52.4 Å². The molecule has 2 aliphatic rings. The van der Waals surface area contributed by atoms with E-state index in [9.17, 15) is 28.8 Å². The molecular weight excluding hydrogens is 590 g/mol. The van der Waals surface area contributed by atoms with Crippen LogP contribution in [0.2, 0.25) is 0 Å². The van der Waals surface area contributed by atoms with E-state index in [1.165, 1.54) is 24.3 Å². The van der Waals surface area contributed by atoms with Crippen LogP contribution in [0.25, 0.3) is 0 Å². The fourth-order valence-electron chi connectivity index (χ4n) is 2.42. The Morgan fingerprint density at radius 2 is 0.923 bits per heavy atom. The minimum absolute atomic E-state index is 0. The van der Waals surface area contributed by atoms with Crippen LogP contribution >= 0.6 is 14.1 Å². The normalized spacial score (nSPS) is 13.0. The molecule has 0 aromatic heterocycles. The third kappa shape index (κ3) is 20.2. The quantitative estimate of drug-likeness (QED) is 0.0713. The predicted octanol–water partition coefficient (Wildman–Crippen LogP) is 0.419. The van der Waals surface area contributed by atoms with Gasteiger partial charge < -0.3 is 21.0 Å². The average Bonchev–Trinajstić information content (AvgIpc) is 3.36. The highest BCUT2D eigenvalue weighted by molar-refractivity contribution is 8.40. The van der Waals surface area contributed by atoms with Gasteiger partial charge in [0, 0.05) is 90.5 Å². The van der Waals surface area contributed by atoms with Crippen molar-refractivity contribution in [3.8, 4) is 0 Å². The molecule has 0 spiro atoms. The number of imide groups is 2. The van der Waals surface area contributed by atoms with E-state index in [1.807, 2.05) is 11.0 Å². The molecular formula is C21H38N6O8P2S2. The fraction of sp³-hybridized carbons (Fsp3) is 0.524. The molecule has 2 rings (SSSR count). The van der Waals surface area contributed by atoms with Crippen molar-refractivity contribution in [3.05, 3.63) is 24.3 Å². The maximum Gasteiger partial charge on any atom is 0.253 e. The summed E-state index contributed by atoms with van der Waals surface area (Å²) in [4.78, 5) is 68.8. The lowest BCUT2D eigenvalue weighted by Gasteiger charge is -2.13. The van der Waals surface area contributed by atoms with Gasteiger partial charge in [0.05, 0.1) is 0 Å². The summed E-state index contributed by atoms with van der Waals surface area (Å²) in [6, 6.07) is 0. The molecule has 0 aliphatic carbocycles. The van der Waals surface area contributed by atoms with E-state index in [0.717, 1.165) is 23.9 Å². The highest BCUT2D eigenvalue weighted by Gasteiger charge is 2.24. The molecule has 6 N–H and O–H groups in total. The van der Waals surface area contributed by atoms with E-state index in [-0.39, 0.29) is 86.2 Å². The first-order valence-corrected chi connectivity index (χ1v) is 14.7. The Labute approximate surface area is 242 Å². The van der Waals surface area contributed by atoms with Gasteiger partial charge in [0.2, 0.25) is 11.8 Å². The Balaban J connectivity index is -0.000000258. The highest BCUT2D eigenvalue weighted by Crippen LogP contribution is 2.10. The maximum absolute atomic E-state index is 11.2. The number of carbonyl (C=O) groups is 6. The van der Waals surface area contributed by atoms with Gasteiger partial charge in [0.1, 0.15) is 0 Å². The van der Waals surface area contributed by atoms with Crippen LogP contribution < -0.4 is 21.6 Å². The first kappa shape index (κ1) is 43.6. The number of carbonyl (C=O) groups excluding carboxylic acids is 6. The van der Waals surface area contributed by atoms with Gasteiger partial charge in [-0.05, 0) is 23.6 Å². The summed E-state index contributed by atoms with van der Waals surface area (Å²) in [6.45, 7) is 1.21. The minimum Gasteiger partial charge on any atom is -0.355 e. The predicted molar refractivity (Wildman–Crippen MR) is 155 cm³/mol. The van der Waals surface area contributed by atoms with Crippen molar-refractivity contribution in [1.82, 2.24) is 31.4 Å². The molecule has 6 amide bonds. The molecule has 0 saturated heterocycles. The van der Waals surface area contributed by atoms with Crippen LogP contribution in [0.15, 0.2) is 24.3 Å². The lowest BCUT2D eigenvalue weighted by molar-refractivity contribution is -0.139. The van der Waals surface area contributed by atoms with Crippen LogP contribution in [-0.4, -0.2) is 94.9 Å². The van der Waals surface area contributed by atoms with Crippen LogP contribution in [0.4, 0.5) is 0 Å². The van der Waals surface area contributed by atoms with Crippen molar-refractivity contribution >= 4 is 73.1 Å². The van der Waals surface area contributed by atoms with Crippen LogP contribution in [0.5, 0.6) is 0 Å². The van der Waals surface area contributed by atoms with Crippen molar-refractivity contribution < 1.29 is 39.2 Å². The largest absolute Gasteiger partial charge is 0.355 e. The van der Waals surface area contributed by atoms with Gasteiger partial charge >= 0.3 is 0 Å². The minimum atomic E-state index is -0.394. The zero-order valence-corrected chi connectivity index (χ0v) is 22.3. The maximum atomic E-state index is 11.2. The molecule has 0 saturated carbocycles. The summed E-state index contributed by atoms with van der Waals surface area (Å²) >= 11 is 8.82. The number of amides is 6. The van der Waals surface area contributed by atoms with Gasteiger partial charge in [-0.2, -0.15) is 0 Å². The molecule has 0 unspecified atom stereocenters. The third-order valence-electron chi connectivity index (χ3n) is 4.08. The Kier molecular flexibility index (Phi) is 30.4. The molecule has 0 fully saturated rings. The molecule has 0 aromatic rings. The number of hydrogen-bond acceptors (Lipinski definition) is 12. The van der Waals surface area contributed by atoms with Crippen LogP contribution in [0, 0.1) is 0 Å². The average molecular weight is 629 g/mol. The zero-order chi connectivity index (χ0) is 27.3. The van der Waals surface area contributed by atoms with Crippen molar-refractivity contribution in [2.24, 2.45) is 0 Å². The summed E-state index contributed by atoms with van der Waals surface area (Å²) < 4.78 is 0. The Hall–Kier alpha value is -2.42. The number of nitrogens with zero attached hydrogens (tertiary/aromatic N) is 2. The standard InChI is InChI=1S/2C9H13N3O4.3CH4.P2S2/c2*13-7(10-4-5-11-16)3-6-12-8(14)1-2-9(12)15;;;;3-1-2-4/h2*1-2,11,16H,3-6H2,(H,10,13);3*1H4;. The molecule has 0 atom stereocenters. The van der Waals surface area contributed by atoms with Gasteiger partial charge in [-0.15, -0.1) is 0 Å². The summed E-state index contributed by atoms with van der Waals surface area (Å²) in [5.74, 6) is -2.13. The SMILES string of the molecule is C.C.C.O=C(CCN1C(=O)C=CC1=O)NCCNO.O=C(CCN1C(=O)C=CC1=O)NCCNO.S=PP=S. The Morgan fingerprint density at radius 1 is 0.641 bits per heavy atom. The zero-order valence-electron chi connectivity index (χ0n) is 18.9. The monoisotopic (exact) mass is 628 g/mol. The summed E-state index contributed by atoms with van der Waals surface area (Å²) in [5, 5.41) is 21.5. The van der Waals surface area contributed by atoms with Crippen molar-refractivity contribution in [1.29, 1.82) is 0 Å². The van der Waals surface area contributed by atoms with Crippen molar-refractivity contribution in [2.45, 2.75) is 35.1 Å². The number of hydrogen-bond donors (Lipinski definition) is 6. The van der Waals surface area contributed by atoms with Crippen molar-refractivity contribution in [3.63, 3.8) is 0 Å². The topological polar surface area (TPSA) is 197 Å². The first-order valence-electron chi connectivity index (χ1n) is 10.2. The number of nitrogens with one attached hydrogen (secondary N) is 4. The second-order valence-corrected chi connectivity index (χ2v) is 10.7. The smallest absolute Gasteiger partial charge is 0.253 e. The van der Waals surface area contributed by atoms with Gasteiger partial charge in [-0.3, -0.25) is 38.6 Å². The Morgan fingerprint density at radius 3 is 1.15 bits per heavy atom. The van der Waals surface area contributed by atoms with E-state index in [0.29, 0.717) is 0 Å². The summed E-state index contributed by atoms with van der Waals surface area (Å²) in [6.07, 6.45) is 4.83. The lowest BCUT2D eigenvalue weighted by Crippen LogP contribution is -2.36. The van der Waals surface area contributed by atoms with E-state index in [1.54, 1.807) is 0 Å². The molecule has 14 nitrogen and oxygen atoms in total. The van der Waals surface area contributed by atoms with Crippen molar-refractivity contribution in [2.75, 3.05) is 39.3 Å². The van der Waals surface area contributed by atoms with E-state index >= 15 is 0 Å². The molecule has 0 aromatic carbocycles. The molecule has 0 bridgehead atoms. The summed E-state index contributed by atoms with van der Waals surface area (Å²) in [7, 11) is 1.74. The van der Waals surface area contributed by atoms with Gasteiger partial charge in [-0.25, -0.2) is 11.0 Å². The first-order chi connectivity index (χ1) is 17.2. The number of hydroxylamine groups is 2. The molecule has 222 valence electrons. The van der Waals surface area contributed by atoms with Crippen LogP contribution in [0.3, 0.4) is 0 Å². The fourth-order valence-corrected chi connectivity index (χ4v) is 2.42. The van der Waals surface area contributed by atoms with E-state index < -0.39 is 23.6 Å². The molecule has 39 heavy (non-hydrogen) atoms. The molecule has 0 radical (unpaired) electrons. The lowest BCUT2D eigenvalue weighted by atomic mass is 10.3. The van der Waals surface area contributed by atoms with Gasteiger partial charge in [0.15, 0.2) is 0 Å². The number of rotatable bonds is 13. The molecule has 18 heteroatoms. The Bertz CT molecular complexity index is 786. The summed E-state index contributed by atoms with van der Waals surface area (Å²) in [5.41, 5.74) is 3.78.